The number of benzene rings is 1. The van der Waals surface area contributed by atoms with E-state index >= 15 is 0 Å². The lowest BCUT2D eigenvalue weighted by Gasteiger charge is -2.32. The van der Waals surface area contributed by atoms with E-state index in [-0.39, 0.29) is 5.92 Å². The highest BCUT2D eigenvalue weighted by atomic mass is 16.5. The molecule has 22 heavy (non-hydrogen) atoms. The van der Waals surface area contributed by atoms with Crippen molar-refractivity contribution in [1.29, 1.82) is 0 Å². The number of rotatable bonds is 6. The van der Waals surface area contributed by atoms with Crippen molar-refractivity contribution in [3.63, 3.8) is 0 Å². The predicted octanol–water partition coefficient (Wildman–Crippen LogP) is 1.53. The summed E-state index contributed by atoms with van der Waals surface area (Å²) in [5.41, 5.74) is 0.681. The van der Waals surface area contributed by atoms with Crippen LogP contribution in [0.5, 0.6) is 11.5 Å². The minimum atomic E-state index is -0.763. The van der Waals surface area contributed by atoms with Gasteiger partial charge in [0.05, 0.1) is 26.2 Å². The number of hydrogen-bond acceptors (Lipinski definition) is 5. The molecule has 0 spiro atoms. The van der Waals surface area contributed by atoms with E-state index in [4.69, 9.17) is 14.6 Å². The first kappa shape index (κ1) is 16.6. The van der Waals surface area contributed by atoms with Crippen LogP contribution >= 0.6 is 0 Å². The fraction of sp³-hybridized carbons (Fsp3) is 0.562. The molecule has 122 valence electrons. The summed E-state index contributed by atoms with van der Waals surface area (Å²) in [7, 11) is 3.12. The quantitative estimate of drug-likeness (QED) is 0.830. The van der Waals surface area contributed by atoms with Crippen LogP contribution in [0.2, 0.25) is 0 Å². The Hall–Kier alpha value is -1.79. The zero-order valence-electron chi connectivity index (χ0n) is 13.0. The number of carboxylic acids is 1. The molecule has 0 amide bonds. The van der Waals surface area contributed by atoms with Crippen LogP contribution in [0.3, 0.4) is 0 Å². The first-order valence-corrected chi connectivity index (χ1v) is 7.40. The van der Waals surface area contributed by atoms with E-state index in [9.17, 15) is 9.90 Å². The van der Waals surface area contributed by atoms with Gasteiger partial charge in [-0.1, -0.05) is 0 Å². The third-order valence-electron chi connectivity index (χ3n) is 4.09. The van der Waals surface area contributed by atoms with Crippen LogP contribution in [0.15, 0.2) is 18.2 Å². The van der Waals surface area contributed by atoms with Gasteiger partial charge < -0.3 is 19.7 Å². The lowest BCUT2D eigenvalue weighted by Crippen LogP contribution is -2.40. The molecule has 2 atom stereocenters. The predicted molar refractivity (Wildman–Crippen MR) is 81.3 cm³/mol. The molecule has 1 aliphatic heterocycles. The van der Waals surface area contributed by atoms with Crippen LogP contribution in [-0.2, 0) is 4.79 Å². The van der Waals surface area contributed by atoms with Gasteiger partial charge in [0.15, 0.2) is 0 Å². The molecule has 0 radical (unpaired) electrons. The second-order valence-corrected chi connectivity index (χ2v) is 5.56. The summed E-state index contributed by atoms with van der Waals surface area (Å²) >= 11 is 0. The molecule has 0 saturated carbocycles. The van der Waals surface area contributed by atoms with E-state index in [1.54, 1.807) is 32.4 Å². The van der Waals surface area contributed by atoms with Crippen LogP contribution in [-0.4, -0.2) is 54.9 Å². The molecule has 1 aliphatic rings. The van der Waals surface area contributed by atoms with Gasteiger partial charge in [0.1, 0.15) is 11.5 Å². The molecule has 2 unspecified atom stereocenters. The van der Waals surface area contributed by atoms with Crippen molar-refractivity contribution in [2.45, 2.75) is 18.9 Å². The molecule has 6 nitrogen and oxygen atoms in total. The number of aliphatic hydroxyl groups excluding tert-OH is 1. The van der Waals surface area contributed by atoms with E-state index in [0.29, 0.717) is 36.6 Å². The number of β-amino-alcohol motifs (C(OH)–C–C–N with tert-alkyl or cyclic N) is 1. The molecule has 0 aromatic heterocycles. The average molecular weight is 309 g/mol. The number of methoxy groups -OCH3 is 2. The maximum absolute atomic E-state index is 11.1. The van der Waals surface area contributed by atoms with Crippen LogP contribution in [0.1, 0.15) is 24.5 Å². The van der Waals surface area contributed by atoms with Gasteiger partial charge in [0.25, 0.3) is 0 Å². The van der Waals surface area contributed by atoms with E-state index in [1.165, 1.54) is 0 Å². The molecule has 1 aromatic carbocycles. The summed E-state index contributed by atoms with van der Waals surface area (Å²) in [4.78, 5) is 13.1. The zero-order valence-corrected chi connectivity index (χ0v) is 13.0. The second kappa shape index (κ2) is 7.47. The number of aliphatic hydroxyl groups is 1. The van der Waals surface area contributed by atoms with Crippen molar-refractivity contribution in [2.24, 2.45) is 5.92 Å². The number of ether oxygens (including phenoxy) is 2. The minimum absolute atomic E-state index is 0.348. The van der Waals surface area contributed by atoms with E-state index in [1.807, 2.05) is 4.90 Å². The summed E-state index contributed by atoms with van der Waals surface area (Å²) < 4.78 is 10.4. The highest BCUT2D eigenvalue weighted by molar-refractivity contribution is 5.70. The van der Waals surface area contributed by atoms with Gasteiger partial charge in [-0.25, -0.2) is 0 Å². The summed E-state index contributed by atoms with van der Waals surface area (Å²) in [5.74, 6) is 0.121. The first-order valence-electron chi connectivity index (χ1n) is 7.40. The number of carboxylic acid groups (broad SMARTS) is 1. The highest BCUT2D eigenvalue weighted by Gasteiger charge is 2.27. The van der Waals surface area contributed by atoms with Gasteiger partial charge in [0.2, 0.25) is 0 Å². The standard InChI is InChI=1S/C16H23NO5/c1-21-12-5-6-13(15(8-12)22-2)14(18)10-17-7-3-4-11(9-17)16(19)20/h5-6,8,11,14,18H,3-4,7,9-10H2,1-2H3,(H,19,20). The molecule has 0 bridgehead atoms. The van der Waals surface area contributed by atoms with Gasteiger partial charge >= 0.3 is 5.97 Å². The first-order chi connectivity index (χ1) is 10.5. The topological polar surface area (TPSA) is 79.2 Å². The minimum Gasteiger partial charge on any atom is -0.497 e. The molecule has 0 aliphatic carbocycles. The smallest absolute Gasteiger partial charge is 0.307 e. The largest absolute Gasteiger partial charge is 0.497 e. The number of likely N-dealkylation sites (tertiary alicyclic amines) is 1. The van der Waals surface area contributed by atoms with Crippen molar-refractivity contribution in [1.82, 2.24) is 4.90 Å². The molecular formula is C16H23NO5. The Bertz CT molecular complexity index is 519. The molecule has 1 aromatic rings. The van der Waals surface area contributed by atoms with Gasteiger partial charge in [-0.3, -0.25) is 9.69 Å². The molecule has 1 fully saturated rings. The Morgan fingerprint density at radius 3 is 2.82 bits per heavy atom. The molecular weight excluding hydrogens is 286 g/mol. The van der Waals surface area contributed by atoms with E-state index in [0.717, 1.165) is 13.0 Å². The van der Waals surface area contributed by atoms with Crippen molar-refractivity contribution in [3.05, 3.63) is 23.8 Å². The Labute approximate surface area is 130 Å². The Morgan fingerprint density at radius 1 is 1.41 bits per heavy atom. The average Bonchev–Trinajstić information content (AvgIpc) is 2.54. The summed E-state index contributed by atoms with van der Waals surface area (Å²) in [5, 5.41) is 19.6. The van der Waals surface area contributed by atoms with E-state index < -0.39 is 12.1 Å². The van der Waals surface area contributed by atoms with Crippen LogP contribution in [0, 0.1) is 5.92 Å². The SMILES string of the molecule is COc1ccc(C(O)CN2CCCC(C(=O)O)C2)c(OC)c1. The normalized spacial score (nSPS) is 20.4. The molecule has 2 rings (SSSR count). The molecule has 6 heteroatoms. The number of nitrogens with zero attached hydrogens (tertiary/aromatic N) is 1. The van der Waals surface area contributed by atoms with Crippen LogP contribution < -0.4 is 9.47 Å². The van der Waals surface area contributed by atoms with Crippen molar-refractivity contribution in [2.75, 3.05) is 33.9 Å². The maximum Gasteiger partial charge on any atom is 0.307 e. The lowest BCUT2D eigenvalue weighted by molar-refractivity contribution is -0.143. The zero-order chi connectivity index (χ0) is 16.1. The highest BCUT2D eigenvalue weighted by Crippen LogP contribution is 2.30. The summed E-state index contributed by atoms with van der Waals surface area (Å²) in [6.07, 6.45) is 0.811. The monoisotopic (exact) mass is 309 g/mol. The van der Waals surface area contributed by atoms with Crippen LogP contribution in [0.4, 0.5) is 0 Å². The Kier molecular flexibility index (Phi) is 5.63. The Morgan fingerprint density at radius 2 is 2.18 bits per heavy atom. The number of aliphatic carboxylic acids is 1. The molecule has 1 saturated heterocycles. The Balaban J connectivity index is 2.05. The van der Waals surface area contributed by atoms with E-state index in [2.05, 4.69) is 0 Å². The third-order valence-corrected chi connectivity index (χ3v) is 4.09. The fourth-order valence-corrected chi connectivity index (χ4v) is 2.86. The molecule has 1 heterocycles. The maximum atomic E-state index is 11.1. The lowest BCUT2D eigenvalue weighted by atomic mass is 9.97. The molecule has 2 N–H and O–H groups in total. The second-order valence-electron chi connectivity index (χ2n) is 5.56. The summed E-state index contributed by atoms with van der Waals surface area (Å²) in [6, 6.07) is 5.28. The van der Waals surface area contributed by atoms with Crippen molar-refractivity contribution in [3.8, 4) is 11.5 Å². The number of hydrogen-bond donors (Lipinski definition) is 2. The summed E-state index contributed by atoms with van der Waals surface area (Å²) in [6.45, 7) is 1.68. The van der Waals surface area contributed by atoms with Crippen molar-refractivity contribution < 1.29 is 24.5 Å². The van der Waals surface area contributed by atoms with Crippen molar-refractivity contribution >= 4 is 5.97 Å². The number of piperidine rings is 1. The van der Waals surface area contributed by atoms with Gasteiger partial charge in [-0.05, 0) is 31.5 Å². The number of carbonyl (C=O) groups is 1. The van der Waals surface area contributed by atoms with Crippen LogP contribution in [0.25, 0.3) is 0 Å². The third kappa shape index (κ3) is 3.90. The van der Waals surface area contributed by atoms with Gasteiger partial charge in [-0.15, -0.1) is 0 Å². The fourth-order valence-electron chi connectivity index (χ4n) is 2.86. The van der Waals surface area contributed by atoms with Gasteiger partial charge in [0, 0.05) is 24.7 Å². The van der Waals surface area contributed by atoms with Gasteiger partial charge in [-0.2, -0.15) is 0 Å².